The molecule has 0 aromatic carbocycles. The zero-order valence-electron chi connectivity index (χ0n) is 9.88. The largest absolute Gasteiger partial charge is 0.319 e. The highest BCUT2D eigenvalue weighted by Crippen LogP contribution is 2.44. The van der Waals surface area contributed by atoms with Gasteiger partial charge in [0.2, 0.25) is 0 Å². The number of fused-ring (bicyclic) bond motifs is 1. The van der Waals surface area contributed by atoms with Crippen molar-refractivity contribution in [3.05, 3.63) is 29.6 Å². The molecule has 1 aromatic rings. The van der Waals surface area contributed by atoms with E-state index in [4.69, 9.17) is 0 Å². The van der Waals surface area contributed by atoms with E-state index in [9.17, 15) is 0 Å². The van der Waals surface area contributed by atoms with Crippen molar-refractivity contribution in [2.75, 3.05) is 13.6 Å². The third-order valence-electron chi connectivity index (χ3n) is 3.71. The van der Waals surface area contributed by atoms with Crippen LogP contribution in [0.1, 0.15) is 37.3 Å². The van der Waals surface area contributed by atoms with Gasteiger partial charge in [0, 0.05) is 24.9 Å². The van der Waals surface area contributed by atoms with Crippen molar-refractivity contribution in [3.63, 3.8) is 0 Å². The summed E-state index contributed by atoms with van der Waals surface area (Å²) in [4.78, 5) is 4.27. The van der Waals surface area contributed by atoms with Gasteiger partial charge in [-0.15, -0.1) is 0 Å². The summed E-state index contributed by atoms with van der Waals surface area (Å²) < 4.78 is 0. The second kappa shape index (κ2) is 3.93. The lowest BCUT2D eigenvalue weighted by Gasteiger charge is -2.39. The molecular weight excluding hydrogens is 184 g/mol. The Kier molecular flexibility index (Phi) is 2.79. The van der Waals surface area contributed by atoms with Gasteiger partial charge in [-0.25, -0.2) is 0 Å². The average molecular weight is 204 g/mol. The molecule has 15 heavy (non-hydrogen) atoms. The van der Waals surface area contributed by atoms with Crippen LogP contribution in [0.15, 0.2) is 18.5 Å². The molecule has 82 valence electrons. The third kappa shape index (κ3) is 1.91. The predicted molar refractivity (Wildman–Crippen MR) is 63.0 cm³/mol. The highest BCUT2D eigenvalue weighted by molar-refractivity contribution is 5.32. The highest BCUT2D eigenvalue weighted by Gasteiger charge is 2.35. The quantitative estimate of drug-likeness (QED) is 0.800. The summed E-state index contributed by atoms with van der Waals surface area (Å²) in [7, 11) is 2.03. The maximum absolute atomic E-state index is 4.27. The molecular formula is C13H20N2. The van der Waals surface area contributed by atoms with Crippen LogP contribution in [0.2, 0.25) is 0 Å². The first-order valence-corrected chi connectivity index (χ1v) is 5.72. The smallest absolute Gasteiger partial charge is 0.0306 e. The standard InChI is InChI=1S/C13H20N2/c1-13(2)6-4-10-5-7-15-8-11(10)12(13)9-14-3/h5,7-8,12,14H,4,6,9H2,1-3H3. The lowest BCUT2D eigenvalue weighted by Crippen LogP contribution is -2.34. The SMILES string of the molecule is CNCC1c2cnccc2CCC1(C)C. The van der Waals surface area contributed by atoms with Gasteiger partial charge in [0.1, 0.15) is 0 Å². The Morgan fingerprint density at radius 3 is 3.07 bits per heavy atom. The van der Waals surface area contributed by atoms with E-state index in [-0.39, 0.29) is 0 Å². The Morgan fingerprint density at radius 2 is 2.33 bits per heavy atom. The van der Waals surface area contributed by atoms with Crippen molar-refractivity contribution in [2.45, 2.75) is 32.6 Å². The molecule has 0 aliphatic heterocycles. The predicted octanol–water partition coefficient (Wildman–Crippen LogP) is 2.36. The number of hydrogen-bond donors (Lipinski definition) is 1. The van der Waals surface area contributed by atoms with Crippen molar-refractivity contribution in [1.82, 2.24) is 10.3 Å². The number of pyridine rings is 1. The molecule has 0 amide bonds. The molecule has 0 bridgehead atoms. The Morgan fingerprint density at radius 1 is 1.53 bits per heavy atom. The monoisotopic (exact) mass is 204 g/mol. The van der Waals surface area contributed by atoms with Crippen molar-refractivity contribution in [1.29, 1.82) is 0 Å². The van der Waals surface area contributed by atoms with Gasteiger partial charge in [-0.2, -0.15) is 0 Å². The van der Waals surface area contributed by atoms with Gasteiger partial charge in [0.05, 0.1) is 0 Å². The molecule has 0 saturated heterocycles. The molecule has 0 spiro atoms. The lowest BCUT2D eigenvalue weighted by atomic mass is 9.66. The number of aromatic nitrogens is 1. The maximum Gasteiger partial charge on any atom is 0.0306 e. The molecule has 1 atom stereocenters. The molecule has 1 aliphatic carbocycles. The number of nitrogens with zero attached hydrogens (tertiary/aromatic N) is 1. The van der Waals surface area contributed by atoms with Gasteiger partial charge in [0.25, 0.3) is 0 Å². The van der Waals surface area contributed by atoms with Gasteiger partial charge in [-0.1, -0.05) is 13.8 Å². The van der Waals surface area contributed by atoms with E-state index in [1.54, 1.807) is 0 Å². The van der Waals surface area contributed by atoms with E-state index in [2.05, 4.69) is 36.4 Å². The first-order valence-electron chi connectivity index (χ1n) is 5.72. The fourth-order valence-corrected chi connectivity index (χ4v) is 2.62. The lowest BCUT2D eigenvalue weighted by molar-refractivity contribution is 0.240. The number of nitrogens with one attached hydrogen (secondary N) is 1. The molecule has 0 radical (unpaired) electrons. The van der Waals surface area contributed by atoms with E-state index in [0.29, 0.717) is 11.3 Å². The van der Waals surface area contributed by atoms with Crippen molar-refractivity contribution >= 4 is 0 Å². The van der Waals surface area contributed by atoms with E-state index in [0.717, 1.165) is 6.54 Å². The maximum atomic E-state index is 4.27. The molecule has 2 heteroatoms. The molecule has 1 aliphatic rings. The summed E-state index contributed by atoms with van der Waals surface area (Å²) in [5.41, 5.74) is 3.33. The minimum absolute atomic E-state index is 0.388. The van der Waals surface area contributed by atoms with Crippen LogP contribution in [0.25, 0.3) is 0 Å². The Labute approximate surface area is 92.1 Å². The minimum Gasteiger partial charge on any atom is -0.319 e. The second-order valence-electron chi connectivity index (χ2n) is 5.17. The number of rotatable bonds is 2. The summed E-state index contributed by atoms with van der Waals surface area (Å²) in [5.74, 6) is 0.597. The Bertz CT molecular complexity index is 344. The topological polar surface area (TPSA) is 24.9 Å². The fourth-order valence-electron chi connectivity index (χ4n) is 2.62. The summed E-state index contributed by atoms with van der Waals surface area (Å²) in [6.07, 6.45) is 6.44. The van der Waals surface area contributed by atoms with Crippen LogP contribution in [-0.2, 0) is 6.42 Å². The van der Waals surface area contributed by atoms with Gasteiger partial charge >= 0.3 is 0 Å². The first kappa shape index (κ1) is 10.6. The fraction of sp³-hybridized carbons (Fsp3) is 0.615. The Hall–Kier alpha value is -0.890. The molecule has 0 saturated carbocycles. The zero-order valence-corrected chi connectivity index (χ0v) is 9.88. The van der Waals surface area contributed by atoms with Gasteiger partial charge < -0.3 is 5.32 Å². The number of hydrogen-bond acceptors (Lipinski definition) is 2. The van der Waals surface area contributed by atoms with Crippen LogP contribution < -0.4 is 5.32 Å². The number of aryl methyl sites for hydroxylation is 1. The molecule has 0 fully saturated rings. The normalized spacial score (nSPS) is 23.5. The van der Waals surface area contributed by atoms with E-state index in [1.165, 1.54) is 24.0 Å². The number of likely N-dealkylation sites (N-methyl/N-ethyl adjacent to an activating group) is 1. The average Bonchev–Trinajstić information content (AvgIpc) is 2.23. The zero-order chi connectivity index (χ0) is 10.9. The van der Waals surface area contributed by atoms with Crippen LogP contribution >= 0.6 is 0 Å². The summed E-state index contributed by atoms with van der Waals surface area (Å²) in [6.45, 7) is 5.78. The first-order chi connectivity index (χ1) is 7.15. The van der Waals surface area contributed by atoms with E-state index >= 15 is 0 Å². The molecule has 2 rings (SSSR count). The van der Waals surface area contributed by atoms with Crippen LogP contribution in [0, 0.1) is 5.41 Å². The summed E-state index contributed by atoms with van der Waals surface area (Å²) in [6, 6.07) is 2.17. The molecule has 2 nitrogen and oxygen atoms in total. The van der Waals surface area contributed by atoms with Gasteiger partial charge in [-0.05, 0) is 42.5 Å². The van der Waals surface area contributed by atoms with Crippen LogP contribution in [0.5, 0.6) is 0 Å². The van der Waals surface area contributed by atoms with Crippen LogP contribution in [-0.4, -0.2) is 18.6 Å². The minimum atomic E-state index is 0.388. The summed E-state index contributed by atoms with van der Waals surface area (Å²) >= 11 is 0. The van der Waals surface area contributed by atoms with Gasteiger partial charge in [-0.3, -0.25) is 4.98 Å². The van der Waals surface area contributed by atoms with Crippen molar-refractivity contribution in [3.8, 4) is 0 Å². The third-order valence-corrected chi connectivity index (χ3v) is 3.71. The Balaban J connectivity index is 2.39. The molecule has 1 heterocycles. The molecule has 1 aromatic heterocycles. The van der Waals surface area contributed by atoms with Crippen molar-refractivity contribution in [2.24, 2.45) is 5.41 Å². The van der Waals surface area contributed by atoms with Gasteiger partial charge in [0.15, 0.2) is 0 Å². The van der Waals surface area contributed by atoms with Crippen molar-refractivity contribution < 1.29 is 0 Å². The van der Waals surface area contributed by atoms with E-state index < -0.39 is 0 Å². The van der Waals surface area contributed by atoms with E-state index in [1.807, 2.05) is 13.2 Å². The molecule has 1 unspecified atom stereocenters. The molecule has 1 N–H and O–H groups in total. The second-order valence-corrected chi connectivity index (χ2v) is 5.17. The summed E-state index contributed by atoms with van der Waals surface area (Å²) in [5, 5.41) is 3.31. The highest BCUT2D eigenvalue weighted by atomic mass is 14.8. The van der Waals surface area contributed by atoms with Crippen LogP contribution in [0.3, 0.4) is 0 Å². The van der Waals surface area contributed by atoms with Crippen LogP contribution in [0.4, 0.5) is 0 Å².